The summed E-state index contributed by atoms with van der Waals surface area (Å²) >= 11 is 0. The molecular formula is C25H28N2O3. The van der Waals surface area contributed by atoms with E-state index in [2.05, 4.69) is 48.4 Å². The molecule has 0 amide bonds. The summed E-state index contributed by atoms with van der Waals surface area (Å²) in [4.78, 5) is 4.03. The molecule has 5 heteroatoms. The van der Waals surface area contributed by atoms with Gasteiger partial charge in [-0.2, -0.15) is 0 Å². The van der Waals surface area contributed by atoms with Gasteiger partial charge >= 0.3 is 0 Å². The molecule has 0 spiro atoms. The van der Waals surface area contributed by atoms with E-state index in [0.29, 0.717) is 25.7 Å². The van der Waals surface area contributed by atoms with Crippen LogP contribution < -0.4 is 19.5 Å². The molecule has 1 aliphatic heterocycles. The third-order valence-corrected chi connectivity index (χ3v) is 5.20. The number of hydrogen-bond acceptors (Lipinski definition) is 5. The summed E-state index contributed by atoms with van der Waals surface area (Å²) in [5, 5.41) is 3.69. The Morgan fingerprint density at radius 3 is 2.37 bits per heavy atom. The van der Waals surface area contributed by atoms with E-state index in [1.807, 2.05) is 30.3 Å². The molecule has 0 unspecified atom stereocenters. The Labute approximate surface area is 178 Å². The van der Waals surface area contributed by atoms with Crippen molar-refractivity contribution in [1.82, 2.24) is 10.3 Å². The van der Waals surface area contributed by atoms with Gasteiger partial charge in [-0.05, 0) is 59.0 Å². The fraction of sp³-hybridized carbons (Fsp3) is 0.320. The van der Waals surface area contributed by atoms with Gasteiger partial charge < -0.3 is 19.5 Å². The third-order valence-electron chi connectivity index (χ3n) is 5.20. The van der Waals surface area contributed by atoms with Crippen molar-refractivity contribution in [3.63, 3.8) is 0 Å². The quantitative estimate of drug-likeness (QED) is 0.578. The van der Waals surface area contributed by atoms with Gasteiger partial charge in [-0.15, -0.1) is 0 Å². The number of nitrogens with zero attached hydrogens (tertiary/aromatic N) is 1. The number of ether oxygens (including phenoxy) is 3. The van der Waals surface area contributed by atoms with Crippen LogP contribution >= 0.6 is 0 Å². The van der Waals surface area contributed by atoms with Crippen LogP contribution in [-0.4, -0.2) is 18.2 Å². The van der Waals surface area contributed by atoms with Crippen LogP contribution in [0.5, 0.6) is 17.2 Å². The molecule has 156 valence electrons. The summed E-state index contributed by atoms with van der Waals surface area (Å²) in [6.45, 7) is 6.99. The predicted octanol–water partition coefficient (Wildman–Crippen LogP) is 4.92. The molecule has 1 aromatic heterocycles. The lowest BCUT2D eigenvalue weighted by molar-refractivity contribution is 0.171. The minimum Gasteiger partial charge on any atom is -0.489 e. The molecule has 5 nitrogen and oxygen atoms in total. The maximum absolute atomic E-state index is 5.86. The number of pyridine rings is 1. The fourth-order valence-electron chi connectivity index (χ4n) is 3.57. The molecule has 1 N–H and O–H groups in total. The Hall–Kier alpha value is -3.05. The lowest BCUT2D eigenvalue weighted by Crippen LogP contribution is -2.25. The van der Waals surface area contributed by atoms with Gasteiger partial charge in [-0.1, -0.05) is 32.0 Å². The number of aromatic nitrogens is 1. The second kappa shape index (κ2) is 9.63. The second-order valence-electron chi connectivity index (χ2n) is 7.79. The first-order valence-corrected chi connectivity index (χ1v) is 10.4. The summed E-state index contributed by atoms with van der Waals surface area (Å²) in [6, 6.07) is 18.6. The standard InChI is InChI=1S/C25H28N2O3/c1-18(2)25(21-5-8-23-24(15-21)29-14-13-28-23)27-16-19-3-6-22(7-4-19)30-17-20-9-11-26-12-10-20/h3-12,15,18,25,27H,13-14,16-17H2,1-2H3/t25-/m0/s1. The molecule has 0 aliphatic carbocycles. The molecule has 2 heterocycles. The van der Waals surface area contributed by atoms with Crippen LogP contribution in [0.2, 0.25) is 0 Å². The van der Waals surface area contributed by atoms with Crippen molar-refractivity contribution < 1.29 is 14.2 Å². The summed E-state index contributed by atoms with van der Waals surface area (Å²) < 4.78 is 17.3. The molecule has 30 heavy (non-hydrogen) atoms. The van der Waals surface area contributed by atoms with E-state index in [4.69, 9.17) is 14.2 Å². The molecule has 0 saturated carbocycles. The van der Waals surface area contributed by atoms with Gasteiger partial charge in [-0.25, -0.2) is 0 Å². The van der Waals surface area contributed by atoms with Crippen LogP contribution in [0, 0.1) is 5.92 Å². The lowest BCUT2D eigenvalue weighted by Gasteiger charge is -2.25. The molecule has 1 atom stereocenters. The average molecular weight is 405 g/mol. The van der Waals surface area contributed by atoms with Gasteiger partial charge in [0.25, 0.3) is 0 Å². The molecule has 3 aromatic rings. The molecule has 2 aromatic carbocycles. The normalized spacial score (nSPS) is 13.8. The van der Waals surface area contributed by atoms with E-state index in [9.17, 15) is 0 Å². The van der Waals surface area contributed by atoms with E-state index >= 15 is 0 Å². The largest absolute Gasteiger partial charge is 0.489 e. The molecule has 0 bridgehead atoms. The van der Waals surface area contributed by atoms with Crippen molar-refractivity contribution in [1.29, 1.82) is 0 Å². The highest BCUT2D eigenvalue weighted by molar-refractivity contribution is 5.44. The highest BCUT2D eigenvalue weighted by Gasteiger charge is 2.19. The van der Waals surface area contributed by atoms with Crippen LogP contribution in [0.1, 0.15) is 36.6 Å². The molecule has 4 rings (SSSR count). The highest BCUT2D eigenvalue weighted by Crippen LogP contribution is 2.34. The zero-order valence-electron chi connectivity index (χ0n) is 17.5. The Morgan fingerprint density at radius 1 is 0.900 bits per heavy atom. The van der Waals surface area contributed by atoms with Crippen LogP contribution in [0.25, 0.3) is 0 Å². The van der Waals surface area contributed by atoms with Crippen LogP contribution in [-0.2, 0) is 13.2 Å². The fourth-order valence-corrected chi connectivity index (χ4v) is 3.57. The van der Waals surface area contributed by atoms with Gasteiger partial charge in [-0.3, -0.25) is 4.98 Å². The van der Waals surface area contributed by atoms with Gasteiger partial charge in [0.05, 0.1) is 0 Å². The Morgan fingerprint density at radius 2 is 1.63 bits per heavy atom. The smallest absolute Gasteiger partial charge is 0.161 e. The highest BCUT2D eigenvalue weighted by atomic mass is 16.6. The molecular weight excluding hydrogens is 376 g/mol. The SMILES string of the molecule is CC(C)[C@H](NCc1ccc(OCc2ccncc2)cc1)c1ccc2c(c1)OCCO2. The van der Waals surface area contributed by atoms with Crippen molar-refractivity contribution in [2.75, 3.05) is 13.2 Å². The Kier molecular flexibility index (Phi) is 6.50. The van der Waals surface area contributed by atoms with Gasteiger partial charge in [0, 0.05) is 25.0 Å². The molecule has 1 aliphatic rings. The summed E-state index contributed by atoms with van der Waals surface area (Å²) in [7, 11) is 0. The first-order valence-electron chi connectivity index (χ1n) is 10.4. The number of nitrogens with one attached hydrogen (secondary N) is 1. The zero-order valence-corrected chi connectivity index (χ0v) is 17.5. The third kappa shape index (κ3) is 5.10. The van der Waals surface area contributed by atoms with Crippen molar-refractivity contribution in [2.24, 2.45) is 5.92 Å². The van der Waals surface area contributed by atoms with E-state index in [1.54, 1.807) is 12.4 Å². The topological polar surface area (TPSA) is 52.6 Å². The number of benzene rings is 2. The average Bonchev–Trinajstić information content (AvgIpc) is 2.79. The molecule has 0 fully saturated rings. The number of hydrogen-bond donors (Lipinski definition) is 1. The van der Waals surface area contributed by atoms with Crippen LogP contribution in [0.15, 0.2) is 67.0 Å². The molecule has 0 saturated heterocycles. The van der Waals surface area contributed by atoms with Crippen LogP contribution in [0.3, 0.4) is 0 Å². The second-order valence-corrected chi connectivity index (χ2v) is 7.79. The lowest BCUT2D eigenvalue weighted by atomic mass is 9.95. The van der Waals surface area contributed by atoms with E-state index in [-0.39, 0.29) is 6.04 Å². The zero-order chi connectivity index (χ0) is 20.8. The minimum atomic E-state index is 0.225. The van der Waals surface area contributed by atoms with Crippen molar-refractivity contribution in [2.45, 2.75) is 33.0 Å². The molecule has 0 radical (unpaired) electrons. The Balaban J connectivity index is 1.36. The van der Waals surface area contributed by atoms with Gasteiger partial charge in [0.1, 0.15) is 25.6 Å². The van der Waals surface area contributed by atoms with E-state index < -0.39 is 0 Å². The van der Waals surface area contributed by atoms with E-state index in [0.717, 1.165) is 29.4 Å². The van der Waals surface area contributed by atoms with Crippen molar-refractivity contribution in [3.05, 3.63) is 83.7 Å². The maximum Gasteiger partial charge on any atom is 0.161 e. The summed E-state index contributed by atoms with van der Waals surface area (Å²) in [6.07, 6.45) is 3.56. The minimum absolute atomic E-state index is 0.225. The summed E-state index contributed by atoms with van der Waals surface area (Å²) in [5.41, 5.74) is 3.54. The van der Waals surface area contributed by atoms with Crippen LogP contribution in [0.4, 0.5) is 0 Å². The number of rotatable bonds is 8. The van der Waals surface area contributed by atoms with E-state index in [1.165, 1.54) is 11.1 Å². The van der Waals surface area contributed by atoms with Gasteiger partial charge in [0.15, 0.2) is 11.5 Å². The van der Waals surface area contributed by atoms with Crippen molar-refractivity contribution >= 4 is 0 Å². The first-order chi connectivity index (χ1) is 14.7. The monoisotopic (exact) mass is 404 g/mol. The predicted molar refractivity (Wildman–Crippen MR) is 117 cm³/mol. The maximum atomic E-state index is 5.86. The first kappa shape index (κ1) is 20.2. The summed E-state index contributed by atoms with van der Waals surface area (Å²) in [5.74, 6) is 2.97. The van der Waals surface area contributed by atoms with Gasteiger partial charge in [0.2, 0.25) is 0 Å². The number of fused-ring (bicyclic) bond motifs is 1. The Bertz CT molecular complexity index is 942. The van der Waals surface area contributed by atoms with Crippen molar-refractivity contribution in [3.8, 4) is 17.2 Å².